The number of aliphatic imine (C=N–C) groups is 1. The van der Waals surface area contributed by atoms with Crippen molar-refractivity contribution < 1.29 is 9.53 Å². The Labute approximate surface area is 142 Å². The highest BCUT2D eigenvalue weighted by Gasteiger charge is 2.01. The van der Waals surface area contributed by atoms with Gasteiger partial charge in [-0.15, -0.1) is 24.0 Å². The van der Waals surface area contributed by atoms with Gasteiger partial charge >= 0.3 is 6.09 Å². The van der Waals surface area contributed by atoms with E-state index in [9.17, 15) is 4.79 Å². The number of nitrogens with one attached hydrogen (secondary N) is 2. The van der Waals surface area contributed by atoms with Crippen LogP contribution in [-0.2, 0) is 11.3 Å². The van der Waals surface area contributed by atoms with Gasteiger partial charge in [-0.2, -0.15) is 0 Å². The molecule has 0 bridgehead atoms. The summed E-state index contributed by atoms with van der Waals surface area (Å²) in [5, 5.41) is 5.68. The first-order chi connectivity index (χ1) is 9.55. The molecule has 0 aliphatic carbocycles. The number of guanidine groups is 1. The molecule has 1 unspecified atom stereocenters. The Kier molecular flexibility index (Phi) is 9.51. The van der Waals surface area contributed by atoms with Crippen LogP contribution >= 0.6 is 24.0 Å². The van der Waals surface area contributed by atoms with E-state index < -0.39 is 6.09 Å². The summed E-state index contributed by atoms with van der Waals surface area (Å²) in [5.74, 6) is 0.441. The Bertz CT molecular complexity index is 463. The Morgan fingerprint density at radius 1 is 1.38 bits per heavy atom. The lowest BCUT2D eigenvalue weighted by molar-refractivity contribution is 0.187. The summed E-state index contributed by atoms with van der Waals surface area (Å²) in [6.45, 7) is 4.63. The van der Waals surface area contributed by atoms with Crippen LogP contribution in [0, 0.1) is 0 Å². The molecule has 7 heteroatoms. The molecule has 0 radical (unpaired) electrons. The predicted octanol–water partition coefficient (Wildman–Crippen LogP) is 2.69. The second-order valence-corrected chi connectivity index (χ2v) is 4.47. The number of nitrogens with two attached hydrogens (primary N) is 1. The normalized spacial score (nSPS) is 12.0. The lowest BCUT2D eigenvalue weighted by atomic mass is 10.2. The van der Waals surface area contributed by atoms with Gasteiger partial charge in [-0.3, -0.25) is 5.32 Å². The summed E-state index contributed by atoms with van der Waals surface area (Å²) in [7, 11) is 1.32. The number of hydrogen-bond donors (Lipinski definition) is 3. The number of amides is 1. The van der Waals surface area contributed by atoms with Crippen LogP contribution in [0.2, 0.25) is 0 Å². The minimum absolute atomic E-state index is 0. The number of benzene rings is 1. The van der Waals surface area contributed by atoms with Gasteiger partial charge in [-0.05, 0) is 31.0 Å². The van der Waals surface area contributed by atoms with E-state index in [4.69, 9.17) is 5.73 Å². The first-order valence-corrected chi connectivity index (χ1v) is 6.55. The molecule has 0 heterocycles. The van der Waals surface area contributed by atoms with Gasteiger partial charge in [-0.25, -0.2) is 9.79 Å². The molecule has 6 nitrogen and oxygen atoms in total. The maximum Gasteiger partial charge on any atom is 0.411 e. The molecule has 0 aromatic heterocycles. The Morgan fingerprint density at radius 3 is 2.52 bits per heavy atom. The lowest BCUT2D eigenvalue weighted by Crippen LogP contribution is -2.38. The topological polar surface area (TPSA) is 88.7 Å². The number of nitrogens with zero attached hydrogens (tertiary/aromatic N) is 1. The minimum atomic E-state index is -0.488. The van der Waals surface area contributed by atoms with Crippen molar-refractivity contribution in [1.29, 1.82) is 0 Å². The number of anilines is 1. The van der Waals surface area contributed by atoms with E-state index in [0.717, 1.165) is 12.0 Å². The van der Waals surface area contributed by atoms with Crippen LogP contribution in [0.25, 0.3) is 0 Å². The molecule has 1 atom stereocenters. The molecule has 1 amide bonds. The van der Waals surface area contributed by atoms with Crippen LogP contribution in [0.5, 0.6) is 0 Å². The Morgan fingerprint density at radius 2 is 2.00 bits per heavy atom. The summed E-state index contributed by atoms with van der Waals surface area (Å²) in [4.78, 5) is 15.3. The fourth-order valence-electron chi connectivity index (χ4n) is 1.44. The lowest BCUT2D eigenvalue weighted by Gasteiger charge is -2.11. The van der Waals surface area contributed by atoms with Crippen LogP contribution in [0.3, 0.4) is 0 Å². The van der Waals surface area contributed by atoms with Gasteiger partial charge in [0.2, 0.25) is 0 Å². The molecule has 118 valence electrons. The molecule has 1 rings (SSSR count). The standard InChI is InChI=1S/C14H22N4O2.HI/c1-4-10(2)17-13(15)16-9-11-5-7-12(8-6-11)18-14(19)20-3;/h5-8,10H,4,9H2,1-3H3,(H,18,19)(H3,15,16,17);1H. The number of hydrogen-bond acceptors (Lipinski definition) is 3. The Hall–Kier alpha value is -1.51. The van der Waals surface area contributed by atoms with Crippen molar-refractivity contribution in [2.75, 3.05) is 12.4 Å². The average molecular weight is 406 g/mol. The summed E-state index contributed by atoms with van der Waals surface area (Å²) in [6.07, 6.45) is 0.502. The molecule has 0 aliphatic rings. The van der Waals surface area contributed by atoms with Crippen molar-refractivity contribution in [3.63, 3.8) is 0 Å². The van der Waals surface area contributed by atoms with Crippen molar-refractivity contribution in [3.8, 4) is 0 Å². The van der Waals surface area contributed by atoms with Crippen LogP contribution in [0.1, 0.15) is 25.8 Å². The quantitative estimate of drug-likeness (QED) is 0.399. The number of ether oxygens (including phenoxy) is 1. The molecule has 1 aromatic rings. The highest BCUT2D eigenvalue weighted by Crippen LogP contribution is 2.10. The van der Waals surface area contributed by atoms with Crippen molar-refractivity contribution in [3.05, 3.63) is 29.8 Å². The summed E-state index contributed by atoms with van der Waals surface area (Å²) in [5.41, 5.74) is 7.46. The fourth-order valence-corrected chi connectivity index (χ4v) is 1.44. The predicted molar refractivity (Wildman–Crippen MR) is 96.1 cm³/mol. The monoisotopic (exact) mass is 406 g/mol. The fraction of sp³-hybridized carbons (Fsp3) is 0.429. The van der Waals surface area contributed by atoms with Crippen LogP contribution in [0.15, 0.2) is 29.3 Å². The zero-order valence-electron chi connectivity index (χ0n) is 12.6. The number of carbonyl (C=O) groups is 1. The number of carbonyl (C=O) groups excluding carboxylic acids is 1. The van der Waals surface area contributed by atoms with Gasteiger partial charge in [0.15, 0.2) is 5.96 Å². The third-order valence-corrected chi connectivity index (χ3v) is 2.82. The number of halogens is 1. The van der Waals surface area contributed by atoms with Gasteiger partial charge in [0.25, 0.3) is 0 Å². The van der Waals surface area contributed by atoms with Crippen molar-refractivity contribution in [2.45, 2.75) is 32.9 Å². The molecule has 1 aromatic carbocycles. The van der Waals surface area contributed by atoms with E-state index in [-0.39, 0.29) is 24.0 Å². The van der Waals surface area contributed by atoms with Gasteiger partial charge in [0.05, 0.1) is 13.7 Å². The molecule has 21 heavy (non-hydrogen) atoms. The second kappa shape index (κ2) is 10.3. The SMILES string of the molecule is CCC(C)NC(N)=NCc1ccc(NC(=O)OC)cc1.I. The van der Waals surface area contributed by atoms with Gasteiger partial charge in [-0.1, -0.05) is 19.1 Å². The van der Waals surface area contributed by atoms with Gasteiger partial charge in [0, 0.05) is 11.7 Å². The molecule has 0 saturated heterocycles. The van der Waals surface area contributed by atoms with Crippen LogP contribution in [-0.4, -0.2) is 25.2 Å². The van der Waals surface area contributed by atoms with Gasteiger partial charge in [0.1, 0.15) is 0 Å². The molecular weight excluding hydrogens is 383 g/mol. The van der Waals surface area contributed by atoms with Crippen LogP contribution < -0.4 is 16.4 Å². The van der Waals surface area contributed by atoms with E-state index in [1.807, 2.05) is 12.1 Å². The largest absolute Gasteiger partial charge is 0.453 e. The molecular formula is C14H23IN4O2. The molecule has 0 saturated carbocycles. The van der Waals surface area contributed by atoms with Crippen LogP contribution in [0.4, 0.5) is 10.5 Å². The highest BCUT2D eigenvalue weighted by atomic mass is 127. The van der Waals surface area contributed by atoms with Gasteiger partial charge < -0.3 is 15.8 Å². The van der Waals surface area contributed by atoms with E-state index >= 15 is 0 Å². The van der Waals surface area contributed by atoms with E-state index in [2.05, 4.69) is 34.2 Å². The molecule has 0 fully saturated rings. The third kappa shape index (κ3) is 7.74. The van der Waals surface area contributed by atoms with Crippen molar-refractivity contribution >= 4 is 41.7 Å². The second-order valence-electron chi connectivity index (χ2n) is 4.47. The van der Waals surface area contributed by atoms with E-state index in [1.54, 1.807) is 12.1 Å². The summed E-state index contributed by atoms with van der Waals surface area (Å²) in [6, 6.07) is 7.65. The van der Waals surface area contributed by atoms with E-state index in [0.29, 0.717) is 24.2 Å². The number of rotatable bonds is 5. The third-order valence-electron chi connectivity index (χ3n) is 2.82. The first-order valence-electron chi connectivity index (χ1n) is 6.55. The van der Waals surface area contributed by atoms with Crippen molar-refractivity contribution in [1.82, 2.24) is 5.32 Å². The highest BCUT2D eigenvalue weighted by molar-refractivity contribution is 14.0. The number of methoxy groups -OCH3 is 1. The maximum atomic E-state index is 11.0. The zero-order valence-corrected chi connectivity index (χ0v) is 14.9. The average Bonchev–Trinajstić information content (AvgIpc) is 2.46. The molecule has 0 aliphatic heterocycles. The summed E-state index contributed by atoms with van der Waals surface area (Å²) < 4.78 is 4.51. The van der Waals surface area contributed by atoms with Crippen molar-refractivity contribution in [2.24, 2.45) is 10.7 Å². The summed E-state index contributed by atoms with van der Waals surface area (Å²) >= 11 is 0. The first kappa shape index (κ1) is 19.5. The molecule has 0 spiro atoms. The minimum Gasteiger partial charge on any atom is -0.453 e. The van der Waals surface area contributed by atoms with E-state index in [1.165, 1.54) is 7.11 Å². The Balaban J connectivity index is 0.00000400. The smallest absolute Gasteiger partial charge is 0.411 e. The zero-order chi connectivity index (χ0) is 15.0. The molecule has 4 N–H and O–H groups in total. The maximum absolute atomic E-state index is 11.0.